The molecule has 0 aromatic heterocycles. The molecular weight excluding hydrogens is 194 g/mol. The van der Waals surface area contributed by atoms with Crippen LogP contribution in [0.3, 0.4) is 0 Å². The largest absolute Gasteiger partial charge is 0.312 e. The van der Waals surface area contributed by atoms with Crippen LogP contribution in [-0.2, 0) is 0 Å². The number of rotatable bonds is 4. The van der Waals surface area contributed by atoms with Crippen LogP contribution in [0.25, 0.3) is 5.57 Å². The van der Waals surface area contributed by atoms with Crippen molar-refractivity contribution in [1.29, 1.82) is 0 Å². The molecule has 0 aliphatic heterocycles. The molecule has 0 aliphatic rings. The molecule has 0 saturated carbocycles. The number of hydrogen-bond acceptors (Lipinski definition) is 1. The van der Waals surface area contributed by atoms with Gasteiger partial charge in [0, 0.05) is 5.54 Å². The Morgan fingerprint density at radius 3 is 2.38 bits per heavy atom. The van der Waals surface area contributed by atoms with E-state index in [9.17, 15) is 0 Å². The van der Waals surface area contributed by atoms with E-state index in [1.54, 1.807) is 0 Å². The van der Waals surface area contributed by atoms with Gasteiger partial charge in [-0.25, -0.2) is 0 Å². The van der Waals surface area contributed by atoms with Crippen molar-refractivity contribution >= 4 is 5.57 Å². The first-order chi connectivity index (χ1) is 7.49. The zero-order valence-corrected chi connectivity index (χ0v) is 10.9. The Labute approximate surface area is 99.6 Å². The molecule has 0 atom stereocenters. The van der Waals surface area contributed by atoms with Crippen LogP contribution >= 0.6 is 0 Å². The van der Waals surface area contributed by atoms with Crippen LogP contribution in [0.2, 0.25) is 0 Å². The summed E-state index contributed by atoms with van der Waals surface area (Å²) in [6.07, 6.45) is 3.38. The predicted octanol–water partition coefficient (Wildman–Crippen LogP) is 3.87. The van der Waals surface area contributed by atoms with Crippen LogP contribution in [0.1, 0.15) is 39.7 Å². The molecule has 1 nitrogen and oxygen atoms in total. The summed E-state index contributed by atoms with van der Waals surface area (Å²) in [4.78, 5) is 0. The minimum Gasteiger partial charge on any atom is -0.312 e. The Morgan fingerprint density at radius 2 is 1.81 bits per heavy atom. The summed E-state index contributed by atoms with van der Waals surface area (Å²) >= 11 is 0. The third-order valence-corrected chi connectivity index (χ3v) is 2.48. The van der Waals surface area contributed by atoms with E-state index in [0.29, 0.717) is 0 Å². The number of nitrogens with one attached hydrogen (secondary N) is 1. The summed E-state index contributed by atoms with van der Waals surface area (Å²) in [6.45, 7) is 9.79. The average molecular weight is 217 g/mol. The Kier molecular flexibility index (Phi) is 4.75. The van der Waals surface area contributed by atoms with Gasteiger partial charge in [0.05, 0.1) is 0 Å². The third-order valence-electron chi connectivity index (χ3n) is 2.48. The highest BCUT2D eigenvalue weighted by atomic mass is 14.9. The minimum atomic E-state index is 0.217. The molecule has 1 heteroatoms. The second-order valence-corrected chi connectivity index (χ2v) is 5.22. The van der Waals surface area contributed by atoms with Gasteiger partial charge in [-0.05, 0) is 51.8 Å². The molecule has 0 radical (unpaired) electrons. The van der Waals surface area contributed by atoms with E-state index < -0.39 is 0 Å². The van der Waals surface area contributed by atoms with Crippen LogP contribution in [-0.4, -0.2) is 12.1 Å². The summed E-state index contributed by atoms with van der Waals surface area (Å²) in [5.41, 5.74) is 2.89. The molecule has 0 heterocycles. The first-order valence-corrected chi connectivity index (χ1v) is 5.96. The van der Waals surface area contributed by atoms with E-state index >= 15 is 0 Å². The Balaban J connectivity index is 2.41. The Hall–Kier alpha value is -1.08. The van der Waals surface area contributed by atoms with Gasteiger partial charge in [-0.15, -0.1) is 0 Å². The number of benzene rings is 1. The van der Waals surface area contributed by atoms with Gasteiger partial charge in [0.25, 0.3) is 0 Å². The third kappa shape index (κ3) is 5.13. The minimum absolute atomic E-state index is 0.217. The molecule has 0 bridgehead atoms. The lowest BCUT2D eigenvalue weighted by Gasteiger charge is -2.19. The summed E-state index contributed by atoms with van der Waals surface area (Å²) in [5.74, 6) is 0. The fraction of sp³-hybridized carbons (Fsp3) is 0.467. The van der Waals surface area contributed by atoms with Crippen molar-refractivity contribution in [3.63, 3.8) is 0 Å². The van der Waals surface area contributed by atoms with Crippen LogP contribution in [0.15, 0.2) is 36.4 Å². The lowest BCUT2D eigenvalue weighted by molar-refractivity contribution is 0.431. The normalized spacial score (nSPS) is 12.9. The van der Waals surface area contributed by atoms with Crippen molar-refractivity contribution in [2.24, 2.45) is 0 Å². The van der Waals surface area contributed by atoms with Gasteiger partial charge >= 0.3 is 0 Å². The second-order valence-electron chi connectivity index (χ2n) is 5.22. The zero-order valence-electron chi connectivity index (χ0n) is 10.9. The first kappa shape index (κ1) is 13.0. The molecular formula is C15H23N. The van der Waals surface area contributed by atoms with E-state index in [2.05, 4.69) is 69.4 Å². The van der Waals surface area contributed by atoms with Gasteiger partial charge in [0.2, 0.25) is 0 Å². The quantitative estimate of drug-likeness (QED) is 0.755. The predicted molar refractivity (Wildman–Crippen MR) is 72.5 cm³/mol. The van der Waals surface area contributed by atoms with Crippen molar-refractivity contribution < 1.29 is 0 Å². The second kappa shape index (κ2) is 5.86. The maximum Gasteiger partial charge on any atom is 0.00966 e. The summed E-state index contributed by atoms with van der Waals surface area (Å²) in [5, 5.41) is 3.48. The lowest BCUT2D eigenvalue weighted by atomic mass is 10.1. The van der Waals surface area contributed by atoms with Crippen LogP contribution in [0, 0.1) is 0 Å². The fourth-order valence-electron chi connectivity index (χ4n) is 1.55. The highest BCUT2D eigenvalue weighted by Crippen LogP contribution is 2.13. The zero-order chi connectivity index (χ0) is 12.0. The van der Waals surface area contributed by atoms with Crippen molar-refractivity contribution in [3.8, 4) is 0 Å². The fourth-order valence-corrected chi connectivity index (χ4v) is 1.55. The smallest absolute Gasteiger partial charge is 0.00966 e. The Bertz CT molecular complexity index is 330. The van der Waals surface area contributed by atoms with Gasteiger partial charge in [0.15, 0.2) is 0 Å². The summed E-state index contributed by atoms with van der Waals surface area (Å²) < 4.78 is 0. The van der Waals surface area contributed by atoms with E-state index in [1.807, 2.05) is 0 Å². The molecule has 0 unspecified atom stereocenters. The van der Waals surface area contributed by atoms with Crippen molar-refractivity contribution in [1.82, 2.24) is 5.32 Å². The molecule has 1 N–H and O–H groups in total. The van der Waals surface area contributed by atoms with Crippen LogP contribution in [0.5, 0.6) is 0 Å². The molecule has 0 spiro atoms. The summed E-state index contributed by atoms with van der Waals surface area (Å²) in [7, 11) is 0. The SMILES string of the molecule is CC(=CCCNC(C)(C)C)c1ccccc1. The number of allylic oxidation sites excluding steroid dienone is 1. The maximum absolute atomic E-state index is 3.48. The monoisotopic (exact) mass is 217 g/mol. The van der Waals surface area contributed by atoms with E-state index in [4.69, 9.17) is 0 Å². The number of hydrogen-bond donors (Lipinski definition) is 1. The molecule has 16 heavy (non-hydrogen) atoms. The van der Waals surface area contributed by atoms with Gasteiger partial charge < -0.3 is 5.32 Å². The molecule has 1 aromatic carbocycles. The average Bonchev–Trinajstić information content (AvgIpc) is 2.24. The standard InChI is InChI=1S/C15H23N/c1-13(14-10-6-5-7-11-14)9-8-12-16-15(2,3)4/h5-7,9-11,16H,8,12H2,1-4H3. The molecule has 0 saturated heterocycles. The highest BCUT2D eigenvalue weighted by molar-refractivity contribution is 5.63. The van der Waals surface area contributed by atoms with Crippen molar-refractivity contribution in [3.05, 3.63) is 42.0 Å². The van der Waals surface area contributed by atoms with E-state index in [1.165, 1.54) is 11.1 Å². The molecule has 1 rings (SSSR count). The molecule has 0 amide bonds. The van der Waals surface area contributed by atoms with E-state index in [-0.39, 0.29) is 5.54 Å². The van der Waals surface area contributed by atoms with E-state index in [0.717, 1.165) is 13.0 Å². The van der Waals surface area contributed by atoms with Gasteiger partial charge in [0.1, 0.15) is 0 Å². The molecule has 88 valence electrons. The first-order valence-electron chi connectivity index (χ1n) is 5.96. The van der Waals surface area contributed by atoms with Crippen molar-refractivity contribution in [2.75, 3.05) is 6.54 Å². The van der Waals surface area contributed by atoms with Gasteiger partial charge in [-0.2, -0.15) is 0 Å². The van der Waals surface area contributed by atoms with Crippen molar-refractivity contribution in [2.45, 2.75) is 39.7 Å². The van der Waals surface area contributed by atoms with Gasteiger partial charge in [-0.1, -0.05) is 36.4 Å². The van der Waals surface area contributed by atoms with Crippen LogP contribution < -0.4 is 5.32 Å². The lowest BCUT2D eigenvalue weighted by Crippen LogP contribution is -2.36. The molecule has 0 aliphatic carbocycles. The molecule has 0 fully saturated rings. The topological polar surface area (TPSA) is 12.0 Å². The maximum atomic E-state index is 3.48. The molecule has 1 aromatic rings. The van der Waals surface area contributed by atoms with Crippen LogP contribution in [0.4, 0.5) is 0 Å². The highest BCUT2D eigenvalue weighted by Gasteiger charge is 2.06. The van der Waals surface area contributed by atoms with Gasteiger partial charge in [-0.3, -0.25) is 0 Å². The summed E-state index contributed by atoms with van der Waals surface area (Å²) in [6, 6.07) is 10.5. The Morgan fingerprint density at radius 1 is 1.19 bits per heavy atom.